The van der Waals surface area contributed by atoms with Crippen molar-refractivity contribution in [3.63, 3.8) is 0 Å². The summed E-state index contributed by atoms with van der Waals surface area (Å²) in [6.45, 7) is 5.97. The topological polar surface area (TPSA) is 18.5 Å². The molecule has 2 saturated heterocycles. The molecule has 0 amide bonds. The molecule has 114 valence electrons. The molecule has 3 aliphatic heterocycles. The monoisotopic (exact) mass is 285 g/mol. The van der Waals surface area contributed by atoms with Gasteiger partial charge in [-0.2, -0.15) is 0 Å². The third kappa shape index (κ3) is 2.47. The van der Waals surface area contributed by atoms with Gasteiger partial charge in [-0.1, -0.05) is 12.1 Å². The van der Waals surface area contributed by atoms with Crippen molar-refractivity contribution in [2.45, 2.75) is 38.3 Å². The zero-order valence-electron chi connectivity index (χ0n) is 13.1. The fraction of sp³-hybridized carbons (Fsp3) is 0.667. The van der Waals surface area contributed by atoms with Crippen LogP contribution in [0.15, 0.2) is 18.2 Å². The maximum absolute atomic E-state index is 3.50. The normalized spacial score (nSPS) is 29.9. The van der Waals surface area contributed by atoms with Crippen LogP contribution in [0.2, 0.25) is 0 Å². The molecule has 0 aliphatic carbocycles. The molecule has 0 aromatic heterocycles. The van der Waals surface area contributed by atoms with Crippen LogP contribution in [0.25, 0.3) is 0 Å². The van der Waals surface area contributed by atoms with Crippen LogP contribution in [0.4, 0.5) is 5.69 Å². The fourth-order valence-corrected chi connectivity index (χ4v) is 4.68. The SMILES string of the molecule is CN1CCCC2CN(c3cccc4c3CCNC4)CCC21. The summed E-state index contributed by atoms with van der Waals surface area (Å²) in [6.07, 6.45) is 5.32. The number of benzene rings is 1. The number of fused-ring (bicyclic) bond motifs is 2. The lowest BCUT2D eigenvalue weighted by Crippen LogP contribution is -2.53. The van der Waals surface area contributed by atoms with Crippen LogP contribution < -0.4 is 10.2 Å². The molecule has 0 radical (unpaired) electrons. The highest BCUT2D eigenvalue weighted by Crippen LogP contribution is 2.34. The predicted octanol–water partition coefficient (Wildman–Crippen LogP) is 2.25. The molecule has 2 atom stereocenters. The van der Waals surface area contributed by atoms with Crippen molar-refractivity contribution in [1.29, 1.82) is 0 Å². The molecule has 1 aromatic rings. The first-order valence-electron chi connectivity index (χ1n) is 8.59. The Labute approximate surface area is 128 Å². The van der Waals surface area contributed by atoms with Crippen molar-refractivity contribution in [1.82, 2.24) is 10.2 Å². The van der Waals surface area contributed by atoms with E-state index < -0.39 is 0 Å². The summed E-state index contributed by atoms with van der Waals surface area (Å²) in [7, 11) is 2.32. The average Bonchev–Trinajstić information content (AvgIpc) is 2.54. The van der Waals surface area contributed by atoms with Crippen LogP contribution in [0, 0.1) is 5.92 Å². The summed E-state index contributed by atoms with van der Waals surface area (Å²) in [4.78, 5) is 5.29. The number of nitrogens with zero attached hydrogens (tertiary/aromatic N) is 2. The number of anilines is 1. The highest BCUT2D eigenvalue weighted by atomic mass is 15.2. The van der Waals surface area contributed by atoms with Crippen LogP contribution in [-0.2, 0) is 13.0 Å². The van der Waals surface area contributed by atoms with E-state index in [4.69, 9.17) is 0 Å². The van der Waals surface area contributed by atoms with Crippen molar-refractivity contribution < 1.29 is 0 Å². The smallest absolute Gasteiger partial charge is 0.0402 e. The van der Waals surface area contributed by atoms with E-state index in [0.29, 0.717) is 0 Å². The van der Waals surface area contributed by atoms with Crippen molar-refractivity contribution >= 4 is 5.69 Å². The predicted molar refractivity (Wildman–Crippen MR) is 87.8 cm³/mol. The number of piperidine rings is 2. The van der Waals surface area contributed by atoms with Gasteiger partial charge in [0.1, 0.15) is 0 Å². The Morgan fingerprint density at radius 1 is 1.19 bits per heavy atom. The van der Waals surface area contributed by atoms with Gasteiger partial charge in [0.15, 0.2) is 0 Å². The van der Waals surface area contributed by atoms with Gasteiger partial charge in [-0.05, 0) is 68.9 Å². The van der Waals surface area contributed by atoms with E-state index in [2.05, 4.69) is 40.4 Å². The zero-order valence-corrected chi connectivity index (χ0v) is 13.1. The van der Waals surface area contributed by atoms with Gasteiger partial charge in [-0.15, -0.1) is 0 Å². The number of hydrogen-bond acceptors (Lipinski definition) is 3. The van der Waals surface area contributed by atoms with Gasteiger partial charge in [-0.25, -0.2) is 0 Å². The summed E-state index contributed by atoms with van der Waals surface area (Å²) in [6, 6.07) is 7.74. The van der Waals surface area contributed by atoms with E-state index in [1.54, 1.807) is 5.56 Å². The number of rotatable bonds is 1. The maximum atomic E-state index is 3.50. The molecule has 3 nitrogen and oxygen atoms in total. The summed E-state index contributed by atoms with van der Waals surface area (Å²) >= 11 is 0. The second-order valence-corrected chi connectivity index (χ2v) is 7.03. The quantitative estimate of drug-likeness (QED) is 0.854. The molecular weight excluding hydrogens is 258 g/mol. The Hall–Kier alpha value is -1.06. The molecule has 1 N–H and O–H groups in total. The Morgan fingerprint density at radius 3 is 3.10 bits per heavy atom. The number of likely N-dealkylation sites (tertiary alicyclic amines) is 1. The largest absolute Gasteiger partial charge is 0.371 e. The van der Waals surface area contributed by atoms with Gasteiger partial charge in [0.05, 0.1) is 0 Å². The molecule has 0 saturated carbocycles. The highest BCUT2D eigenvalue weighted by Gasteiger charge is 2.34. The Morgan fingerprint density at radius 2 is 2.14 bits per heavy atom. The molecule has 2 unspecified atom stereocenters. The van der Waals surface area contributed by atoms with Crippen molar-refractivity contribution in [3.8, 4) is 0 Å². The molecule has 3 aliphatic rings. The number of hydrogen-bond donors (Lipinski definition) is 1. The molecule has 0 spiro atoms. The van der Waals surface area contributed by atoms with E-state index in [9.17, 15) is 0 Å². The summed E-state index contributed by atoms with van der Waals surface area (Å²) in [5.74, 6) is 0.870. The molecule has 3 heteroatoms. The Kier molecular flexibility index (Phi) is 3.64. The molecule has 0 bridgehead atoms. The van der Waals surface area contributed by atoms with Crippen LogP contribution in [0.3, 0.4) is 0 Å². The second-order valence-electron chi connectivity index (χ2n) is 7.03. The molecule has 3 heterocycles. The summed E-state index contributed by atoms with van der Waals surface area (Å²) in [5.41, 5.74) is 4.65. The standard InChI is InChI=1S/C18H27N3/c1-20-10-3-5-15-13-21(11-8-17(15)20)18-6-2-4-14-12-19-9-7-16(14)18/h2,4,6,15,17,19H,3,5,7-13H2,1H3. The van der Waals surface area contributed by atoms with E-state index in [0.717, 1.165) is 25.0 Å². The third-order valence-electron chi connectivity index (χ3n) is 5.80. The molecule has 1 aromatic carbocycles. The van der Waals surface area contributed by atoms with E-state index >= 15 is 0 Å². The molecule has 21 heavy (non-hydrogen) atoms. The fourth-order valence-electron chi connectivity index (χ4n) is 4.68. The first kappa shape index (κ1) is 13.6. The van der Waals surface area contributed by atoms with Crippen molar-refractivity contribution in [2.75, 3.05) is 38.1 Å². The van der Waals surface area contributed by atoms with Gasteiger partial charge in [-0.3, -0.25) is 0 Å². The highest BCUT2D eigenvalue weighted by molar-refractivity contribution is 5.58. The Bertz CT molecular complexity index is 513. The van der Waals surface area contributed by atoms with Crippen molar-refractivity contribution in [3.05, 3.63) is 29.3 Å². The number of nitrogens with one attached hydrogen (secondary N) is 1. The van der Waals surface area contributed by atoms with E-state index in [-0.39, 0.29) is 0 Å². The minimum Gasteiger partial charge on any atom is -0.371 e. The maximum Gasteiger partial charge on any atom is 0.0402 e. The molecule has 2 fully saturated rings. The molecular formula is C18H27N3. The lowest BCUT2D eigenvalue weighted by Gasteiger charge is -2.47. The van der Waals surface area contributed by atoms with Crippen LogP contribution in [0.1, 0.15) is 30.4 Å². The van der Waals surface area contributed by atoms with Gasteiger partial charge >= 0.3 is 0 Å². The van der Waals surface area contributed by atoms with Crippen LogP contribution in [0.5, 0.6) is 0 Å². The third-order valence-corrected chi connectivity index (χ3v) is 5.80. The average molecular weight is 285 g/mol. The van der Waals surface area contributed by atoms with E-state index in [1.807, 2.05) is 0 Å². The van der Waals surface area contributed by atoms with Gasteiger partial charge in [0, 0.05) is 31.4 Å². The van der Waals surface area contributed by atoms with Crippen molar-refractivity contribution in [2.24, 2.45) is 5.92 Å². The molecule has 4 rings (SSSR count). The van der Waals surface area contributed by atoms with Crippen LogP contribution in [-0.4, -0.2) is 44.2 Å². The van der Waals surface area contributed by atoms with E-state index in [1.165, 1.54) is 56.6 Å². The lowest BCUT2D eigenvalue weighted by molar-refractivity contribution is 0.102. The van der Waals surface area contributed by atoms with Crippen LogP contribution >= 0.6 is 0 Å². The zero-order chi connectivity index (χ0) is 14.2. The minimum absolute atomic E-state index is 0.830. The van der Waals surface area contributed by atoms with Gasteiger partial charge in [0.2, 0.25) is 0 Å². The van der Waals surface area contributed by atoms with Gasteiger partial charge in [0.25, 0.3) is 0 Å². The lowest BCUT2D eigenvalue weighted by atomic mass is 9.83. The Balaban J connectivity index is 1.58. The first-order chi connectivity index (χ1) is 10.3. The second kappa shape index (κ2) is 5.62. The summed E-state index contributed by atoms with van der Waals surface area (Å²) in [5, 5.41) is 3.50. The minimum atomic E-state index is 0.830. The first-order valence-corrected chi connectivity index (χ1v) is 8.59. The van der Waals surface area contributed by atoms with Gasteiger partial charge < -0.3 is 15.1 Å². The summed E-state index contributed by atoms with van der Waals surface area (Å²) < 4.78 is 0.